The van der Waals surface area contributed by atoms with Crippen LogP contribution in [0.3, 0.4) is 0 Å². The molecule has 0 bridgehead atoms. The number of ether oxygens (including phenoxy) is 1. The molecule has 1 saturated heterocycles. The van der Waals surface area contributed by atoms with Crippen LogP contribution in [0.25, 0.3) is 0 Å². The van der Waals surface area contributed by atoms with Gasteiger partial charge in [-0.25, -0.2) is 0 Å². The first-order valence-electron chi connectivity index (χ1n) is 8.36. The van der Waals surface area contributed by atoms with E-state index in [0.29, 0.717) is 25.7 Å². The van der Waals surface area contributed by atoms with Gasteiger partial charge in [0, 0.05) is 35.8 Å². The molecule has 0 saturated carbocycles. The van der Waals surface area contributed by atoms with Crippen LogP contribution in [-0.4, -0.2) is 40.9 Å². The molecule has 1 aromatic carbocycles. The van der Waals surface area contributed by atoms with Crippen LogP contribution in [0.5, 0.6) is 0 Å². The second-order valence-corrected chi connectivity index (χ2v) is 8.05. The second-order valence-electron chi connectivity index (χ2n) is 6.33. The third-order valence-electron chi connectivity index (χ3n) is 4.20. The van der Waals surface area contributed by atoms with Crippen molar-refractivity contribution in [1.82, 2.24) is 5.32 Å². The van der Waals surface area contributed by atoms with Crippen LogP contribution in [0, 0.1) is 0 Å². The molecular formula is C18H27NO3S. The number of carbonyl (C=O) groups is 1. The van der Waals surface area contributed by atoms with E-state index in [1.165, 1.54) is 11.1 Å². The lowest BCUT2D eigenvalue weighted by molar-refractivity contribution is -0.118. The minimum atomic E-state index is -1.08. The van der Waals surface area contributed by atoms with Crippen molar-refractivity contribution in [2.24, 2.45) is 0 Å². The molecule has 128 valence electrons. The lowest BCUT2D eigenvalue weighted by Gasteiger charge is -2.21. The molecule has 1 N–H and O–H groups in total. The summed E-state index contributed by atoms with van der Waals surface area (Å²) >= 11 is 0. The normalized spacial score (nSPS) is 17.2. The Morgan fingerprint density at radius 3 is 2.52 bits per heavy atom. The SMILES string of the molecule is CC(C)c1ccc(CCNC(=O)CS(=O)C2CCOCC2)cc1. The van der Waals surface area contributed by atoms with E-state index in [2.05, 4.69) is 43.4 Å². The maximum absolute atomic E-state index is 12.1. The van der Waals surface area contributed by atoms with E-state index in [1.54, 1.807) is 0 Å². The zero-order valence-corrected chi connectivity index (χ0v) is 14.9. The fourth-order valence-corrected chi connectivity index (χ4v) is 3.97. The van der Waals surface area contributed by atoms with Gasteiger partial charge in [-0.15, -0.1) is 0 Å². The minimum absolute atomic E-state index is 0.108. The highest BCUT2D eigenvalue weighted by molar-refractivity contribution is 7.86. The summed E-state index contributed by atoms with van der Waals surface area (Å²) in [6.07, 6.45) is 2.39. The van der Waals surface area contributed by atoms with Crippen molar-refractivity contribution in [3.8, 4) is 0 Å². The van der Waals surface area contributed by atoms with Crippen molar-refractivity contribution >= 4 is 16.7 Å². The van der Waals surface area contributed by atoms with Gasteiger partial charge in [-0.1, -0.05) is 38.1 Å². The molecule has 5 heteroatoms. The van der Waals surface area contributed by atoms with Gasteiger partial charge in [0.1, 0.15) is 5.75 Å². The Morgan fingerprint density at radius 2 is 1.91 bits per heavy atom. The van der Waals surface area contributed by atoms with Crippen LogP contribution in [0.15, 0.2) is 24.3 Å². The average Bonchev–Trinajstić information content (AvgIpc) is 2.56. The van der Waals surface area contributed by atoms with E-state index in [4.69, 9.17) is 4.74 Å². The first-order valence-corrected chi connectivity index (χ1v) is 9.75. The fraction of sp³-hybridized carbons (Fsp3) is 0.611. The molecule has 1 aromatic rings. The highest BCUT2D eigenvalue weighted by atomic mass is 32.2. The maximum Gasteiger partial charge on any atom is 0.232 e. The summed E-state index contributed by atoms with van der Waals surface area (Å²) < 4.78 is 17.4. The molecule has 1 aliphatic rings. The monoisotopic (exact) mass is 337 g/mol. The first kappa shape index (κ1) is 18.1. The maximum atomic E-state index is 12.1. The van der Waals surface area contributed by atoms with E-state index < -0.39 is 10.8 Å². The number of rotatable bonds is 7. The van der Waals surface area contributed by atoms with Gasteiger partial charge in [-0.05, 0) is 36.3 Å². The van der Waals surface area contributed by atoms with Gasteiger partial charge in [0.25, 0.3) is 0 Å². The molecule has 1 amide bonds. The quantitative estimate of drug-likeness (QED) is 0.831. The molecule has 1 atom stereocenters. The Bertz CT molecular complexity index is 522. The molecule has 0 aromatic heterocycles. The molecule has 0 radical (unpaired) electrons. The van der Waals surface area contributed by atoms with Gasteiger partial charge in [-0.3, -0.25) is 9.00 Å². The van der Waals surface area contributed by atoms with Gasteiger partial charge >= 0.3 is 0 Å². The molecule has 1 fully saturated rings. The summed E-state index contributed by atoms with van der Waals surface area (Å²) in [7, 11) is -1.08. The van der Waals surface area contributed by atoms with Crippen molar-refractivity contribution in [2.75, 3.05) is 25.5 Å². The van der Waals surface area contributed by atoms with Crippen molar-refractivity contribution < 1.29 is 13.7 Å². The molecule has 2 rings (SSSR count). The summed E-state index contributed by atoms with van der Waals surface area (Å²) in [4.78, 5) is 11.9. The smallest absolute Gasteiger partial charge is 0.232 e. The average molecular weight is 337 g/mol. The van der Waals surface area contributed by atoms with Gasteiger partial charge in [0.15, 0.2) is 0 Å². The Hall–Kier alpha value is -1.20. The number of carbonyl (C=O) groups excluding carboxylic acids is 1. The minimum Gasteiger partial charge on any atom is -0.381 e. The summed E-state index contributed by atoms with van der Waals surface area (Å²) in [5.41, 5.74) is 2.53. The first-order chi connectivity index (χ1) is 11.1. The number of amides is 1. The van der Waals surface area contributed by atoms with Crippen molar-refractivity contribution in [2.45, 2.75) is 44.3 Å². The topological polar surface area (TPSA) is 55.4 Å². The van der Waals surface area contributed by atoms with E-state index >= 15 is 0 Å². The van der Waals surface area contributed by atoms with E-state index in [9.17, 15) is 9.00 Å². The highest BCUT2D eigenvalue weighted by Gasteiger charge is 2.21. The standard InChI is InChI=1S/C18H27NO3S/c1-14(2)16-5-3-15(4-6-16)7-10-19-18(20)13-23(21)17-8-11-22-12-9-17/h3-6,14,17H,7-13H2,1-2H3,(H,19,20). The number of nitrogens with one attached hydrogen (secondary N) is 1. The highest BCUT2D eigenvalue weighted by Crippen LogP contribution is 2.15. The Morgan fingerprint density at radius 1 is 1.26 bits per heavy atom. The Labute approximate surface area is 141 Å². The van der Waals surface area contributed by atoms with Gasteiger partial charge in [0.2, 0.25) is 5.91 Å². The molecule has 23 heavy (non-hydrogen) atoms. The molecule has 0 spiro atoms. The fourth-order valence-electron chi connectivity index (χ4n) is 2.65. The summed E-state index contributed by atoms with van der Waals surface area (Å²) in [6, 6.07) is 8.51. The van der Waals surface area contributed by atoms with E-state index in [0.717, 1.165) is 19.3 Å². The van der Waals surface area contributed by atoms with Crippen LogP contribution >= 0.6 is 0 Å². The van der Waals surface area contributed by atoms with Crippen LogP contribution in [0.4, 0.5) is 0 Å². The number of benzene rings is 1. The second kappa shape index (κ2) is 9.18. The number of hydrogen-bond donors (Lipinski definition) is 1. The predicted octanol–water partition coefficient (Wildman–Crippen LogP) is 2.40. The van der Waals surface area contributed by atoms with Gasteiger partial charge in [-0.2, -0.15) is 0 Å². The van der Waals surface area contributed by atoms with Crippen LogP contribution in [0.1, 0.15) is 43.7 Å². The predicted molar refractivity (Wildman–Crippen MR) is 94.1 cm³/mol. The molecule has 1 aliphatic heterocycles. The lowest BCUT2D eigenvalue weighted by Crippen LogP contribution is -2.34. The summed E-state index contributed by atoms with van der Waals surface area (Å²) in [5, 5.41) is 2.98. The van der Waals surface area contributed by atoms with Crippen molar-refractivity contribution in [3.63, 3.8) is 0 Å². The molecule has 4 nitrogen and oxygen atoms in total. The van der Waals surface area contributed by atoms with Crippen LogP contribution < -0.4 is 5.32 Å². The summed E-state index contributed by atoms with van der Waals surface area (Å²) in [6.45, 7) is 6.25. The van der Waals surface area contributed by atoms with Gasteiger partial charge in [0.05, 0.1) is 0 Å². The molecular weight excluding hydrogens is 310 g/mol. The van der Waals surface area contributed by atoms with E-state index in [-0.39, 0.29) is 16.9 Å². The van der Waals surface area contributed by atoms with Crippen molar-refractivity contribution in [1.29, 1.82) is 0 Å². The van der Waals surface area contributed by atoms with Gasteiger partial charge < -0.3 is 10.1 Å². The van der Waals surface area contributed by atoms with Crippen molar-refractivity contribution in [3.05, 3.63) is 35.4 Å². The molecule has 1 unspecified atom stereocenters. The zero-order chi connectivity index (χ0) is 16.7. The van der Waals surface area contributed by atoms with Crippen LogP contribution in [0.2, 0.25) is 0 Å². The largest absolute Gasteiger partial charge is 0.381 e. The third-order valence-corrected chi connectivity index (χ3v) is 5.96. The van der Waals surface area contributed by atoms with Crippen LogP contribution in [-0.2, 0) is 26.8 Å². The number of hydrogen-bond acceptors (Lipinski definition) is 3. The summed E-state index contributed by atoms with van der Waals surface area (Å²) in [5.74, 6) is 0.522. The lowest BCUT2D eigenvalue weighted by atomic mass is 10.0. The molecule has 0 aliphatic carbocycles. The Balaban J connectivity index is 1.68. The Kier molecular flexibility index (Phi) is 7.24. The third kappa shape index (κ3) is 6.07. The van der Waals surface area contributed by atoms with E-state index in [1.807, 2.05) is 0 Å². The zero-order valence-electron chi connectivity index (χ0n) is 14.0. The molecule has 1 heterocycles.